The second-order valence-electron chi connectivity index (χ2n) is 4.39. The summed E-state index contributed by atoms with van der Waals surface area (Å²) in [4.78, 5) is 14.8. The van der Waals surface area contributed by atoms with E-state index in [-0.39, 0.29) is 5.91 Å². The molecule has 0 saturated carbocycles. The summed E-state index contributed by atoms with van der Waals surface area (Å²) in [7, 11) is 0. The third-order valence-corrected chi connectivity index (χ3v) is 3.66. The molecular weight excluding hydrogens is 340 g/mol. The number of hydrogen-bond donors (Lipinski definition) is 2. The molecule has 3 rings (SSSR count). The van der Waals surface area contributed by atoms with Gasteiger partial charge in [0.25, 0.3) is 5.91 Å². The number of halogens is 2. The number of carbonyl (C=O) groups is 1. The van der Waals surface area contributed by atoms with Crippen molar-refractivity contribution < 1.29 is 4.79 Å². The molecule has 100 valence electrons. The van der Waals surface area contributed by atoms with Gasteiger partial charge in [-0.2, -0.15) is 0 Å². The first-order valence-corrected chi connectivity index (χ1v) is 7.13. The molecule has 1 heterocycles. The molecule has 0 fully saturated rings. The Hall–Kier alpha value is -1.78. The van der Waals surface area contributed by atoms with E-state index in [0.29, 0.717) is 10.7 Å². The number of amides is 1. The fraction of sp³-hybridized carbons (Fsp3) is 0. The van der Waals surface area contributed by atoms with Gasteiger partial charge in [0.05, 0.1) is 5.02 Å². The van der Waals surface area contributed by atoms with Crippen LogP contribution < -0.4 is 5.32 Å². The summed E-state index contributed by atoms with van der Waals surface area (Å²) in [6, 6.07) is 13.4. The Morgan fingerprint density at radius 2 is 1.85 bits per heavy atom. The maximum Gasteiger partial charge on any atom is 0.272 e. The van der Waals surface area contributed by atoms with Gasteiger partial charge < -0.3 is 10.3 Å². The van der Waals surface area contributed by atoms with Gasteiger partial charge >= 0.3 is 0 Å². The van der Waals surface area contributed by atoms with E-state index in [1.807, 2.05) is 36.4 Å². The van der Waals surface area contributed by atoms with Gasteiger partial charge in [0.2, 0.25) is 0 Å². The van der Waals surface area contributed by atoms with Crippen molar-refractivity contribution in [2.75, 3.05) is 5.32 Å². The van der Waals surface area contributed by atoms with Crippen LogP contribution in [0.2, 0.25) is 5.02 Å². The number of H-pyrrole nitrogens is 1. The van der Waals surface area contributed by atoms with Crippen molar-refractivity contribution in [3.8, 4) is 0 Å². The second kappa shape index (κ2) is 5.31. The Morgan fingerprint density at radius 1 is 1.10 bits per heavy atom. The quantitative estimate of drug-likeness (QED) is 0.683. The Bertz CT molecular complexity index is 797. The van der Waals surface area contributed by atoms with E-state index in [1.54, 1.807) is 12.3 Å². The van der Waals surface area contributed by atoms with E-state index in [9.17, 15) is 4.79 Å². The molecule has 0 bridgehead atoms. The average Bonchev–Trinajstić information content (AvgIpc) is 2.86. The van der Waals surface area contributed by atoms with Gasteiger partial charge in [-0.05, 0) is 41.1 Å². The highest BCUT2D eigenvalue weighted by Crippen LogP contribution is 2.23. The standard InChI is InChI=1S/C15H10BrClN2O/c16-11-3-1-10-6-13(4-2-9(10)5-11)19-15(20)14-7-12(17)8-18-14/h1-8,18H,(H,19,20). The lowest BCUT2D eigenvalue weighted by molar-refractivity contribution is 0.102. The zero-order valence-corrected chi connectivity index (χ0v) is 12.6. The molecule has 0 radical (unpaired) electrons. The molecule has 5 heteroatoms. The highest BCUT2D eigenvalue weighted by atomic mass is 79.9. The summed E-state index contributed by atoms with van der Waals surface area (Å²) in [6.07, 6.45) is 1.58. The van der Waals surface area contributed by atoms with Crippen LogP contribution in [0.25, 0.3) is 10.8 Å². The minimum Gasteiger partial charge on any atom is -0.356 e. The molecule has 0 saturated heterocycles. The van der Waals surface area contributed by atoms with Crippen LogP contribution in [0, 0.1) is 0 Å². The predicted octanol–water partition coefficient (Wildman–Crippen LogP) is 4.84. The lowest BCUT2D eigenvalue weighted by atomic mass is 10.1. The summed E-state index contributed by atoms with van der Waals surface area (Å²) in [6.45, 7) is 0. The predicted molar refractivity (Wildman–Crippen MR) is 85.4 cm³/mol. The number of aromatic amines is 1. The maximum absolute atomic E-state index is 12.0. The zero-order chi connectivity index (χ0) is 14.1. The van der Waals surface area contributed by atoms with Crippen molar-refractivity contribution in [1.29, 1.82) is 0 Å². The Balaban J connectivity index is 1.87. The smallest absolute Gasteiger partial charge is 0.272 e. The molecule has 0 unspecified atom stereocenters. The van der Waals surface area contributed by atoms with Crippen molar-refractivity contribution in [2.45, 2.75) is 0 Å². The number of rotatable bonds is 2. The highest BCUT2D eigenvalue weighted by molar-refractivity contribution is 9.10. The SMILES string of the molecule is O=C(Nc1ccc2cc(Br)ccc2c1)c1cc(Cl)c[nH]1. The average molecular weight is 350 g/mol. The number of hydrogen-bond acceptors (Lipinski definition) is 1. The van der Waals surface area contributed by atoms with Gasteiger partial charge in [0, 0.05) is 16.4 Å². The van der Waals surface area contributed by atoms with Crippen molar-refractivity contribution in [3.63, 3.8) is 0 Å². The van der Waals surface area contributed by atoms with Gasteiger partial charge in [-0.15, -0.1) is 0 Å². The first-order valence-electron chi connectivity index (χ1n) is 5.96. The molecular formula is C15H10BrClN2O. The molecule has 2 aromatic carbocycles. The topological polar surface area (TPSA) is 44.9 Å². The monoisotopic (exact) mass is 348 g/mol. The Kier molecular flexibility index (Phi) is 3.51. The van der Waals surface area contributed by atoms with Crippen LogP contribution >= 0.6 is 27.5 Å². The summed E-state index contributed by atoms with van der Waals surface area (Å²) in [5.41, 5.74) is 1.18. The Labute approximate surface area is 129 Å². The van der Waals surface area contributed by atoms with Crippen LogP contribution in [0.5, 0.6) is 0 Å². The fourth-order valence-electron chi connectivity index (χ4n) is 1.99. The van der Waals surface area contributed by atoms with E-state index < -0.39 is 0 Å². The number of aromatic nitrogens is 1. The summed E-state index contributed by atoms with van der Waals surface area (Å²) in [5.74, 6) is -0.214. The fourth-order valence-corrected chi connectivity index (χ4v) is 2.53. The van der Waals surface area contributed by atoms with Gasteiger partial charge in [0.15, 0.2) is 0 Å². The zero-order valence-electron chi connectivity index (χ0n) is 10.3. The molecule has 0 aliphatic heterocycles. The lowest BCUT2D eigenvalue weighted by Gasteiger charge is -2.06. The van der Waals surface area contributed by atoms with Crippen molar-refractivity contribution in [2.24, 2.45) is 0 Å². The number of nitrogens with one attached hydrogen (secondary N) is 2. The maximum atomic E-state index is 12.0. The molecule has 2 N–H and O–H groups in total. The molecule has 0 spiro atoms. The molecule has 0 aliphatic carbocycles. The summed E-state index contributed by atoms with van der Waals surface area (Å²) < 4.78 is 1.03. The van der Waals surface area contributed by atoms with E-state index in [1.165, 1.54) is 0 Å². The van der Waals surface area contributed by atoms with E-state index in [4.69, 9.17) is 11.6 Å². The molecule has 3 aromatic rings. The van der Waals surface area contributed by atoms with Gasteiger partial charge in [0.1, 0.15) is 5.69 Å². The third-order valence-electron chi connectivity index (χ3n) is 2.95. The second-order valence-corrected chi connectivity index (χ2v) is 5.74. The van der Waals surface area contributed by atoms with Gasteiger partial charge in [-0.3, -0.25) is 4.79 Å². The first kappa shape index (κ1) is 13.2. The van der Waals surface area contributed by atoms with Crippen LogP contribution in [0.4, 0.5) is 5.69 Å². The third kappa shape index (κ3) is 2.71. The minimum absolute atomic E-state index is 0.214. The first-order chi connectivity index (χ1) is 9.61. The van der Waals surface area contributed by atoms with E-state index in [0.717, 1.165) is 20.9 Å². The molecule has 1 amide bonds. The van der Waals surface area contributed by atoms with E-state index in [2.05, 4.69) is 26.2 Å². The summed E-state index contributed by atoms with van der Waals surface area (Å²) >= 11 is 9.22. The van der Waals surface area contributed by atoms with Crippen molar-refractivity contribution in [3.05, 3.63) is 63.9 Å². The van der Waals surface area contributed by atoms with Gasteiger partial charge in [-0.25, -0.2) is 0 Å². The molecule has 1 aromatic heterocycles. The molecule has 3 nitrogen and oxygen atoms in total. The van der Waals surface area contributed by atoms with Crippen LogP contribution in [-0.4, -0.2) is 10.9 Å². The molecule has 20 heavy (non-hydrogen) atoms. The van der Waals surface area contributed by atoms with Crippen LogP contribution in [0.15, 0.2) is 53.1 Å². The largest absolute Gasteiger partial charge is 0.356 e. The lowest BCUT2D eigenvalue weighted by Crippen LogP contribution is -2.11. The van der Waals surface area contributed by atoms with Gasteiger partial charge in [-0.1, -0.05) is 39.7 Å². The number of fused-ring (bicyclic) bond motifs is 1. The van der Waals surface area contributed by atoms with Crippen LogP contribution in [0.3, 0.4) is 0 Å². The molecule has 0 atom stereocenters. The van der Waals surface area contributed by atoms with E-state index >= 15 is 0 Å². The van der Waals surface area contributed by atoms with Crippen molar-refractivity contribution in [1.82, 2.24) is 4.98 Å². The highest BCUT2D eigenvalue weighted by Gasteiger charge is 2.08. The normalized spacial score (nSPS) is 10.7. The van der Waals surface area contributed by atoms with Crippen molar-refractivity contribution >= 4 is 49.9 Å². The molecule has 0 aliphatic rings. The summed E-state index contributed by atoms with van der Waals surface area (Å²) in [5, 5.41) is 5.53. The number of carbonyl (C=O) groups excluding carboxylic acids is 1. The van der Waals surface area contributed by atoms with Crippen LogP contribution in [0.1, 0.15) is 10.5 Å². The van der Waals surface area contributed by atoms with Crippen LogP contribution in [-0.2, 0) is 0 Å². The Morgan fingerprint density at radius 3 is 2.60 bits per heavy atom. The number of benzene rings is 2. The number of anilines is 1. The minimum atomic E-state index is -0.214.